The van der Waals surface area contributed by atoms with Gasteiger partial charge in [-0.1, -0.05) is 0 Å². The van der Waals surface area contributed by atoms with E-state index in [1.165, 1.54) is 6.20 Å². The Morgan fingerprint density at radius 2 is 1.21 bits per heavy atom. The van der Waals surface area contributed by atoms with Crippen LogP contribution >= 0.6 is 15.9 Å². The fraction of sp³-hybridized carbons (Fsp3) is 0.442. The third-order valence-electron chi connectivity index (χ3n) is 8.68. The average Bonchev–Trinajstić information content (AvgIpc) is 3.81. The van der Waals surface area contributed by atoms with Gasteiger partial charge in [-0.3, -0.25) is 33.0 Å². The van der Waals surface area contributed by atoms with Crippen LogP contribution in [0.1, 0.15) is 109 Å². The first-order valence-corrected chi connectivity index (χ1v) is 20.2. The van der Waals surface area contributed by atoms with Gasteiger partial charge in [-0.2, -0.15) is 10.4 Å². The average molecular weight is 899 g/mol. The summed E-state index contributed by atoms with van der Waals surface area (Å²) >= 11 is 3.27. The van der Waals surface area contributed by atoms with Crippen LogP contribution in [0.4, 0.5) is 0 Å². The first-order valence-electron chi connectivity index (χ1n) is 19.4. The number of nitriles is 1. The smallest absolute Gasteiger partial charge is 0.312 e. The molecule has 18 heteroatoms. The summed E-state index contributed by atoms with van der Waals surface area (Å²) < 4.78 is 16.2. The molecule has 61 heavy (non-hydrogen) atoms. The quantitative estimate of drug-likeness (QED) is 0.152. The third kappa shape index (κ3) is 10.9. The van der Waals surface area contributed by atoms with Crippen molar-refractivity contribution in [3.8, 4) is 17.5 Å². The highest BCUT2D eigenvalue weighted by atomic mass is 79.9. The molecule has 6 rings (SSSR count). The van der Waals surface area contributed by atoms with E-state index in [2.05, 4.69) is 52.7 Å². The van der Waals surface area contributed by atoms with Crippen LogP contribution in [-0.4, -0.2) is 73.7 Å². The van der Waals surface area contributed by atoms with E-state index in [0.717, 1.165) is 10.9 Å². The summed E-state index contributed by atoms with van der Waals surface area (Å²) in [4.78, 5) is 68.1. The van der Waals surface area contributed by atoms with Gasteiger partial charge < -0.3 is 20.1 Å². The van der Waals surface area contributed by atoms with Crippen molar-refractivity contribution in [3.05, 3.63) is 64.3 Å². The molecule has 0 fully saturated rings. The lowest BCUT2D eigenvalue weighted by Gasteiger charge is -2.20. The molecule has 0 spiro atoms. The number of carbonyl (C=O) groups is 4. The molecule has 0 aliphatic heterocycles. The predicted molar refractivity (Wildman–Crippen MR) is 233 cm³/mol. The highest BCUT2D eigenvalue weighted by Crippen LogP contribution is 2.30. The number of hydrogen-bond donors (Lipinski definition) is 2. The number of nitrogens with one attached hydrogen (secondary N) is 2. The molecule has 1 aromatic carbocycles. The van der Waals surface area contributed by atoms with Crippen LogP contribution in [0, 0.1) is 22.2 Å². The molecule has 2 N–H and O–H groups in total. The molecule has 0 saturated carbocycles. The second-order valence-corrected chi connectivity index (χ2v) is 19.5. The summed E-state index contributed by atoms with van der Waals surface area (Å²) in [6.07, 6.45) is 6.32. The summed E-state index contributed by atoms with van der Waals surface area (Å²) in [7, 11) is 1.79. The van der Waals surface area contributed by atoms with Gasteiger partial charge in [0.25, 0.3) is 11.8 Å². The number of carbonyl (C=O) groups excluding carboxylic acids is 4. The zero-order valence-corrected chi connectivity index (χ0v) is 38.4. The number of benzene rings is 1. The van der Waals surface area contributed by atoms with Crippen LogP contribution in [0.3, 0.4) is 0 Å². The van der Waals surface area contributed by atoms with E-state index < -0.39 is 16.4 Å². The van der Waals surface area contributed by atoms with E-state index in [4.69, 9.17) is 14.5 Å². The van der Waals surface area contributed by atoms with Gasteiger partial charge in [-0.15, -0.1) is 0 Å². The molecule has 322 valence electrons. The minimum atomic E-state index is -0.667. The third-order valence-corrected chi connectivity index (χ3v) is 9.07. The molecule has 0 saturated heterocycles. The van der Waals surface area contributed by atoms with E-state index in [1.54, 1.807) is 93.1 Å². The molecule has 0 radical (unpaired) electrons. The highest BCUT2D eigenvalue weighted by Gasteiger charge is 2.28. The van der Waals surface area contributed by atoms with E-state index in [1.807, 2.05) is 47.6 Å². The van der Waals surface area contributed by atoms with Crippen LogP contribution in [-0.2, 0) is 39.6 Å². The van der Waals surface area contributed by atoms with Crippen molar-refractivity contribution < 1.29 is 28.7 Å². The zero-order valence-electron chi connectivity index (χ0n) is 36.8. The number of hydrogen-bond acceptors (Lipinski definition) is 12. The van der Waals surface area contributed by atoms with E-state index in [0.29, 0.717) is 55.0 Å². The van der Waals surface area contributed by atoms with Crippen molar-refractivity contribution in [2.24, 2.45) is 17.9 Å². The minimum Gasteiger partial charge on any atom is -0.443 e. The van der Waals surface area contributed by atoms with Crippen LogP contribution < -0.4 is 10.6 Å². The minimum absolute atomic E-state index is 0.0360. The first-order chi connectivity index (χ1) is 28.2. The van der Waals surface area contributed by atoms with Gasteiger partial charge in [0.05, 0.1) is 51.5 Å². The molecule has 0 aliphatic carbocycles. The molecule has 5 aromatic heterocycles. The van der Waals surface area contributed by atoms with Crippen molar-refractivity contribution in [3.63, 3.8) is 0 Å². The molecule has 5 heterocycles. The second-order valence-electron chi connectivity index (χ2n) is 18.7. The molecule has 17 nitrogen and oxygen atoms in total. The Morgan fingerprint density at radius 1 is 0.738 bits per heavy atom. The monoisotopic (exact) mass is 897 g/mol. The van der Waals surface area contributed by atoms with Gasteiger partial charge >= 0.3 is 11.9 Å². The van der Waals surface area contributed by atoms with E-state index in [-0.39, 0.29) is 42.8 Å². The fourth-order valence-electron chi connectivity index (χ4n) is 5.75. The molecule has 0 atom stereocenters. The molecular formula is C43H52BrN11O6. The SMILES string of the molecule is CC(C)(C)NC(=O)c1cn(COC(=O)C(C)(C)C)c2ncc(Br)nc12.Cn1nc(-c2cnc3c(n2)c(C(=O)NC(C)(C)C)cn3COC(=O)C(C)(C)C)c2ccc(C#N)cc21. The lowest BCUT2D eigenvalue weighted by molar-refractivity contribution is -0.157. The maximum Gasteiger partial charge on any atom is 0.312 e. The number of fused-ring (bicyclic) bond motifs is 3. The number of ether oxygens (including phenoxy) is 2. The zero-order chi connectivity index (χ0) is 45.4. The van der Waals surface area contributed by atoms with Crippen LogP contribution in [0.25, 0.3) is 44.6 Å². The number of aryl methyl sites for hydroxylation is 1. The van der Waals surface area contributed by atoms with E-state index >= 15 is 0 Å². The number of aromatic nitrogens is 8. The maximum atomic E-state index is 13.2. The molecule has 0 aliphatic rings. The first kappa shape index (κ1) is 45.9. The molecule has 2 amide bonds. The van der Waals surface area contributed by atoms with Crippen molar-refractivity contribution in [1.29, 1.82) is 5.26 Å². The molecule has 0 bridgehead atoms. The largest absolute Gasteiger partial charge is 0.443 e. The Labute approximate surface area is 362 Å². The Bertz CT molecular complexity index is 2710. The summed E-state index contributed by atoms with van der Waals surface area (Å²) in [5.41, 5.74) is 2.64. The van der Waals surface area contributed by atoms with Crippen molar-refractivity contribution >= 4 is 72.9 Å². The lowest BCUT2D eigenvalue weighted by atomic mass is 9.97. The van der Waals surface area contributed by atoms with Gasteiger partial charge in [-0.05, 0) is 117 Å². The van der Waals surface area contributed by atoms with Gasteiger partial charge in [0, 0.05) is 35.9 Å². The fourth-order valence-corrected chi connectivity index (χ4v) is 6.03. The van der Waals surface area contributed by atoms with Gasteiger partial charge in [0.2, 0.25) is 0 Å². The number of amides is 2. The standard InChI is InChI=1S/C26H29N7O3.C17H23BrN4O3/c1-25(2,3)24(35)36-14-33-13-17(23(34)30-26(4,5)6)21-22(33)28-12-18(29-21)20-16-9-8-15(11-27)10-19(16)32(7)31-20;1-16(2,3)15(24)25-9-22-8-10(14(23)21-17(4,5)6)12-13(22)19-7-11(18)20-12/h8-10,12-13H,14H2,1-7H3,(H,30,34);7-8H,9H2,1-6H3,(H,21,23). The van der Waals surface area contributed by atoms with Crippen molar-refractivity contribution in [1.82, 2.24) is 49.5 Å². The van der Waals surface area contributed by atoms with Crippen molar-refractivity contribution in [2.75, 3.05) is 0 Å². The molecule has 6 aromatic rings. The number of halogens is 1. The number of esters is 2. The Balaban J connectivity index is 0.000000247. The van der Waals surface area contributed by atoms with Gasteiger partial charge in [0.15, 0.2) is 24.8 Å². The Hall–Kier alpha value is -6.22. The van der Waals surface area contributed by atoms with Crippen LogP contribution in [0.2, 0.25) is 0 Å². The van der Waals surface area contributed by atoms with Crippen LogP contribution in [0.5, 0.6) is 0 Å². The van der Waals surface area contributed by atoms with Gasteiger partial charge in [0.1, 0.15) is 27.0 Å². The summed E-state index contributed by atoms with van der Waals surface area (Å²) in [6.45, 7) is 21.9. The van der Waals surface area contributed by atoms with Gasteiger partial charge in [-0.25, -0.2) is 19.9 Å². The topological polar surface area (TPSA) is 214 Å². The number of nitrogens with zero attached hydrogens (tertiary/aromatic N) is 9. The number of rotatable bonds is 7. The summed E-state index contributed by atoms with van der Waals surface area (Å²) in [6, 6.07) is 7.45. The maximum absolute atomic E-state index is 13.2. The van der Waals surface area contributed by atoms with Crippen molar-refractivity contribution in [2.45, 2.75) is 108 Å². The Morgan fingerprint density at radius 3 is 1.67 bits per heavy atom. The highest BCUT2D eigenvalue weighted by molar-refractivity contribution is 9.10. The lowest BCUT2D eigenvalue weighted by Crippen LogP contribution is -2.40. The predicted octanol–water partition coefficient (Wildman–Crippen LogP) is 7.20. The Kier molecular flexibility index (Phi) is 12.8. The summed E-state index contributed by atoms with van der Waals surface area (Å²) in [5.74, 6) is -1.28. The van der Waals surface area contributed by atoms with Crippen LogP contribution in [0.15, 0.2) is 47.6 Å². The normalized spacial score (nSPS) is 12.1. The molecule has 0 unspecified atom stereocenters. The summed E-state index contributed by atoms with van der Waals surface area (Å²) in [5, 5.41) is 20.5. The second kappa shape index (κ2) is 17.0. The molecular weight excluding hydrogens is 846 g/mol. The van der Waals surface area contributed by atoms with E-state index in [9.17, 15) is 24.4 Å².